The summed E-state index contributed by atoms with van der Waals surface area (Å²) in [7, 11) is 1.95. The highest BCUT2D eigenvalue weighted by Crippen LogP contribution is 2.30. The van der Waals surface area contributed by atoms with E-state index in [1.807, 2.05) is 56.7 Å². The molecule has 0 atom stereocenters. The third-order valence-corrected chi connectivity index (χ3v) is 7.00. The van der Waals surface area contributed by atoms with Gasteiger partial charge in [0.15, 0.2) is 0 Å². The van der Waals surface area contributed by atoms with Gasteiger partial charge in [0.05, 0.1) is 10.6 Å². The Balaban J connectivity index is 1.53. The molecule has 0 aliphatic heterocycles. The number of benzene rings is 3. The molecule has 0 radical (unpaired) electrons. The molecule has 0 bridgehead atoms. The van der Waals surface area contributed by atoms with Crippen LogP contribution < -0.4 is 10.6 Å². The summed E-state index contributed by atoms with van der Waals surface area (Å²) in [5.74, 6) is -0.657. The molecule has 0 aliphatic carbocycles. The lowest BCUT2D eigenvalue weighted by atomic mass is 9.89. The Morgan fingerprint density at radius 1 is 1.00 bits per heavy atom. The smallest absolute Gasteiger partial charge is 0.257 e. The highest BCUT2D eigenvalue weighted by Gasteiger charge is 2.24. The molecule has 0 spiro atoms. The van der Waals surface area contributed by atoms with Crippen LogP contribution in [0.1, 0.15) is 43.1 Å². The van der Waals surface area contributed by atoms with E-state index in [1.54, 1.807) is 30.3 Å². The number of halogens is 2. The number of carbonyl (C=O) groups excluding carboxylic acids is 2. The van der Waals surface area contributed by atoms with Crippen LogP contribution in [0.4, 0.5) is 10.1 Å². The summed E-state index contributed by atoms with van der Waals surface area (Å²) in [5, 5.41) is 7.13. The first-order chi connectivity index (χ1) is 17.1. The number of hydrogen-bond acceptors (Lipinski definition) is 2. The average Bonchev–Trinajstić information content (AvgIpc) is 3.19. The van der Waals surface area contributed by atoms with Crippen LogP contribution in [0.5, 0.6) is 0 Å². The maximum absolute atomic E-state index is 13.3. The maximum Gasteiger partial charge on any atom is 0.257 e. The van der Waals surface area contributed by atoms with Gasteiger partial charge in [0.1, 0.15) is 5.82 Å². The van der Waals surface area contributed by atoms with Crippen LogP contribution in [0.25, 0.3) is 22.2 Å². The Labute approximate surface area is 215 Å². The topological polar surface area (TPSA) is 63.1 Å². The summed E-state index contributed by atoms with van der Waals surface area (Å²) in [6.45, 7) is 6.08. The van der Waals surface area contributed by atoms with Crippen molar-refractivity contribution in [2.24, 2.45) is 12.5 Å². The number of anilines is 1. The summed E-state index contributed by atoms with van der Waals surface area (Å²) < 4.78 is 15.4. The second-order valence-corrected chi connectivity index (χ2v) is 9.96. The standard InChI is InChI=1S/C29H29ClFN3O2/c1-5-29(2,3)28(36)32-17-18-6-12-24(30)23(14-18)27(35)33-22-11-13-25-20(15-22)16-26(34(25)4)19-7-9-21(31)10-8-19/h6-16H,5,17H2,1-4H3,(H,32,36)(H,33,35). The number of hydrogen-bond donors (Lipinski definition) is 2. The predicted molar refractivity (Wildman–Crippen MR) is 144 cm³/mol. The van der Waals surface area contributed by atoms with Crippen molar-refractivity contribution in [1.82, 2.24) is 9.88 Å². The molecule has 1 aromatic heterocycles. The molecule has 0 fully saturated rings. The number of rotatable bonds is 7. The zero-order chi connectivity index (χ0) is 26.0. The number of aromatic nitrogens is 1. The zero-order valence-corrected chi connectivity index (χ0v) is 21.5. The first-order valence-electron chi connectivity index (χ1n) is 11.8. The van der Waals surface area contributed by atoms with Gasteiger partial charge in [0, 0.05) is 41.3 Å². The number of aryl methyl sites for hydroxylation is 1. The lowest BCUT2D eigenvalue weighted by molar-refractivity contribution is -0.129. The van der Waals surface area contributed by atoms with E-state index in [4.69, 9.17) is 11.6 Å². The van der Waals surface area contributed by atoms with Gasteiger partial charge in [-0.25, -0.2) is 4.39 Å². The minimum atomic E-state index is -0.459. The Morgan fingerprint density at radius 3 is 2.42 bits per heavy atom. The zero-order valence-electron chi connectivity index (χ0n) is 20.8. The van der Waals surface area contributed by atoms with Gasteiger partial charge in [0.2, 0.25) is 5.91 Å². The molecule has 0 aliphatic rings. The second-order valence-electron chi connectivity index (χ2n) is 9.56. The van der Waals surface area contributed by atoms with Crippen LogP contribution in [-0.4, -0.2) is 16.4 Å². The predicted octanol–water partition coefficient (Wildman–Crippen LogP) is 6.94. The maximum atomic E-state index is 13.3. The van der Waals surface area contributed by atoms with Gasteiger partial charge in [-0.05, 0) is 78.2 Å². The summed E-state index contributed by atoms with van der Waals surface area (Å²) in [6.07, 6.45) is 0.726. The Kier molecular flexibility index (Phi) is 7.18. The van der Waals surface area contributed by atoms with Gasteiger partial charge in [-0.2, -0.15) is 0 Å². The normalized spacial score (nSPS) is 11.5. The fraction of sp³-hybridized carbons (Fsp3) is 0.241. The third kappa shape index (κ3) is 5.29. The number of fused-ring (bicyclic) bond motifs is 1. The molecule has 4 aromatic rings. The molecule has 0 unspecified atom stereocenters. The van der Waals surface area contributed by atoms with Crippen LogP contribution >= 0.6 is 11.6 Å². The summed E-state index contributed by atoms with van der Waals surface area (Å²) in [6, 6.07) is 19.2. The minimum absolute atomic E-state index is 0.0397. The quantitative estimate of drug-likeness (QED) is 0.285. The van der Waals surface area contributed by atoms with Gasteiger partial charge in [-0.15, -0.1) is 0 Å². The summed E-state index contributed by atoms with van der Waals surface area (Å²) >= 11 is 6.33. The second kappa shape index (κ2) is 10.2. The van der Waals surface area contributed by atoms with E-state index in [-0.39, 0.29) is 17.6 Å². The molecule has 2 amide bonds. The molecule has 2 N–H and O–H groups in total. The van der Waals surface area contributed by atoms with Crippen molar-refractivity contribution in [1.29, 1.82) is 0 Å². The molecule has 0 saturated carbocycles. The van der Waals surface area contributed by atoms with Crippen LogP contribution in [-0.2, 0) is 18.4 Å². The molecular formula is C29H29ClFN3O2. The molecule has 5 nitrogen and oxygen atoms in total. The van der Waals surface area contributed by atoms with Crippen molar-refractivity contribution < 1.29 is 14.0 Å². The summed E-state index contributed by atoms with van der Waals surface area (Å²) in [4.78, 5) is 25.5. The van der Waals surface area contributed by atoms with Gasteiger partial charge in [-0.1, -0.05) is 38.4 Å². The Morgan fingerprint density at radius 2 is 1.72 bits per heavy atom. The molecule has 7 heteroatoms. The Hall–Kier alpha value is -3.64. The fourth-order valence-corrected chi connectivity index (χ4v) is 4.17. The van der Waals surface area contributed by atoms with E-state index in [1.165, 1.54) is 12.1 Å². The highest BCUT2D eigenvalue weighted by atomic mass is 35.5. The van der Waals surface area contributed by atoms with Crippen LogP contribution in [0.3, 0.4) is 0 Å². The molecule has 3 aromatic carbocycles. The van der Waals surface area contributed by atoms with E-state index < -0.39 is 5.41 Å². The van der Waals surface area contributed by atoms with Crippen molar-refractivity contribution >= 4 is 40.0 Å². The van der Waals surface area contributed by atoms with Crippen molar-refractivity contribution in [2.45, 2.75) is 33.7 Å². The van der Waals surface area contributed by atoms with E-state index in [9.17, 15) is 14.0 Å². The van der Waals surface area contributed by atoms with E-state index in [0.29, 0.717) is 22.8 Å². The summed E-state index contributed by atoms with van der Waals surface area (Å²) in [5.41, 5.74) is 4.11. The van der Waals surface area contributed by atoms with E-state index in [0.717, 1.165) is 34.1 Å². The van der Waals surface area contributed by atoms with E-state index in [2.05, 4.69) is 10.6 Å². The number of carbonyl (C=O) groups is 2. The molecule has 36 heavy (non-hydrogen) atoms. The third-order valence-electron chi connectivity index (χ3n) is 6.67. The van der Waals surface area contributed by atoms with Crippen molar-refractivity contribution in [3.63, 3.8) is 0 Å². The fourth-order valence-electron chi connectivity index (χ4n) is 3.96. The molecule has 186 valence electrons. The molecule has 4 rings (SSSR count). The van der Waals surface area contributed by atoms with Gasteiger partial charge >= 0.3 is 0 Å². The van der Waals surface area contributed by atoms with Crippen molar-refractivity contribution in [3.05, 3.63) is 88.7 Å². The molecule has 1 heterocycles. The van der Waals surface area contributed by atoms with Gasteiger partial charge < -0.3 is 15.2 Å². The van der Waals surface area contributed by atoms with Gasteiger partial charge in [-0.3, -0.25) is 9.59 Å². The first kappa shape index (κ1) is 25.5. The SMILES string of the molecule is CCC(C)(C)C(=O)NCc1ccc(Cl)c(C(=O)Nc2ccc3c(c2)cc(-c2ccc(F)cc2)n3C)c1. The lowest BCUT2D eigenvalue weighted by Crippen LogP contribution is -2.36. The van der Waals surface area contributed by atoms with Crippen molar-refractivity contribution in [2.75, 3.05) is 5.32 Å². The van der Waals surface area contributed by atoms with Crippen LogP contribution in [0, 0.1) is 11.2 Å². The van der Waals surface area contributed by atoms with Gasteiger partial charge in [0.25, 0.3) is 5.91 Å². The largest absolute Gasteiger partial charge is 0.352 e. The Bertz CT molecular complexity index is 1440. The highest BCUT2D eigenvalue weighted by molar-refractivity contribution is 6.34. The average molecular weight is 506 g/mol. The minimum Gasteiger partial charge on any atom is -0.352 e. The number of nitrogens with one attached hydrogen (secondary N) is 2. The molecular weight excluding hydrogens is 477 g/mol. The number of nitrogens with zero attached hydrogens (tertiary/aromatic N) is 1. The van der Waals surface area contributed by atoms with Crippen molar-refractivity contribution in [3.8, 4) is 11.3 Å². The number of amides is 2. The van der Waals surface area contributed by atoms with Crippen LogP contribution in [0.15, 0.2) is 66.7 Å². The van der Waals surface area contributed by atoms with E-state index >= 15 is 0 Å². The lowest BCUT2D eigenvalue weighted by Gasteiger charge is -2.21. The van der Waals surface area contributed by atoms with Crippen LogP contribution in [0.2, 0.25) is 5.02 Å². The first-order valence-corrected chi connectivity index (χ1v) is 12.2. The molecule has 0 saturated heterocycles. The monoisotopic (exact) mass is 505 g/mol.